The maximum atomic E-state index is 11.8. The largest absolute Gasteiger partial charge is 0.478 e. The van der Waals surface area contributed by atoms with Gasteiger partial charge in [0.1, 0.15) is 6.61 Å². The van der Waals surface area contributed by atoms with Gasteiger partial charge in [0.15, 0.2) is 5.76 Å². The number of ether oxygens (including phenoxy) is 2. The highest BCUT2D eigenvalue weighted by Crippen LogP contribution is 2.29. The highest BCUT2D eigenvalue weighted by molar-refractivity contribution is 5.92. The predicted molar refractivity (Wildman–Crippen MR) is 125 cm³/mol. The van der Waals surface area contributed by atoms with E-state index in [0.717, 1.165) is 17.2 Å². The van der Waals surface area contributed by atoms with Crippen LogP contribution in [0.5, 0.6) is 11.8 Å². The lowest BCUT2D eigenvalue weighted by Gasteiger charge is -2.05. The van der Waals surface area contributed by atoms with Crippen LogP contribution in [0.3, 0.4) is 0 Å². The quantitative estimate of drug-likeness (QED) is 0.268. The van der Waals surface area contributed by atoms with Gasteiger partial charge in [0.2, 0.25) is 11.8 Å². The van der Waals surface area contributed by atoms with Crippen molar-refractivity contribution in [3.63, 3.8) is 0 Å². The molecule has 1 aromatic carbocycles. The van der Waals surface area contributed by atoms with Crippen molar-refractivity contribution in [1.82, 2.24) is 21.3 Å². The number of nitrogens with zero attached hydrogens (tertiary/aromatic N) is 3. The molecule has 0 spiro atoms. The van der Waals surface area contributed by atoms with Gasteiger partial charge in [0.05, 0.1) is 11.3 Å². The van der Waals surface area contributed by atoms with E-state index in [9.17, 15) is 9.59 Å². The number of carbonyl (C=O) groups is 2. The van der Waals surface area contributed by atoms with E-state index in [4.69, 9.17) is 19.1 Å². The number of aromatic nitrogens is 3. The lowest BCUT2D eigenvalue weighted by molar-refractivity contribution is -0.133. The second kappa shape index (κ2) is 11.9. The third-order valence-corrected chi connectivity index (χ3v) is 4.59. The van der Waals surface area contributed by atoms with Gasteiger partial charge in [-0.2, -0.15) is 0 Å². The molecule has 0 aliphatic carbocycles. The van der Waals surface area contributed by atoms with Gasteiger partial charge in [-0.15, -0.1) is 0 Å². The minimum Gasteiger partial charge on any atom is -0.478 e. The molecule has 178 valence electrons. The number of rotatable bonds is 9. The van der Waals surface area contributed by atoms with Gasteiger partial charge in [-0.1, -0.05) is 35.5 Å². The monoisotopic (exact) mass is 474 g/mol. The SMILES string of the molecule is N.O=C(O)/C=C\C(=O)Oc1ncccc1-c1cc(Cc2ccc(COc3ccccn3)cc2)no1. The minimum atomic E-state index is -1.26. The van der Waals surface area contributed by atoms with Crippen LogP contribution in [-0.2, 0) is 22.6 Å². The molecule has 3 aromatic heterocycles. The topological polar surface area (TPSA) is 160 Å². The van der Waals surface area contributed by atoms with Crippen molar-refractivity contribution in [2.24, 2.45) is 0 Å². The molecule has 10 heteroatoms. The summed E-state index contributed by atoms with van der Waals surface area (Å²) in [6.07, 6.45) is 5.15. The number of esters is 1. The predicted octanol–water partition coefficient (Wildman–Crippen LogP) is 4.01. The summed E-state index contributed by atoms with van der Waals surface area (Å²) in [4.78, 5) is 30.6. The van der Waals surface area contributed by atoms with Crippen LogP contribution in [0.25, 0.3) is 11.3 Å². The van der Waals surface area contributed by atoms with Crippen molar-refractivity contribution in [2.45, 2.75) is 13.0 Å². The van der Waals surface area contributed by atoms with Crippen LogP contribution in [-0.4, -0.2) is 32.2 Å². The zero-order valence-corrected chi connectivity index (χ0v) is 18.5. The van der Waals surface area contributed by atoms with E-state index in [1.807, 2.05) is 36.4 Å². The first kappa shape index (κ1) is 24.8. The highest BCUT2D eigenvalue weighted by atomic mass is 16.5. The van der Waals surface area contributed by atoms with E-state index >= 15 is 0 Å². The number of aliphatic carboxylic acids is 1. The third-order valence-electron chi connectivity index (χ3n) is 4.59. The second-order valence-corrected chi connectivity index (χ2v) is 7.08. The average molecular weight is 474 g/mol. The number of benzene rings is 1. The normalized spacial score (nSPS) is 10.5. The maximum Gasteiger partial charge on any atom is 0.337 e. The molecule has 0 bridgehead atoms. The van der Waals surface area contributed by atoms with Crippen LogP contribution < -0.4 is 15.6 Å². The van der Waals surface area contributed by atoms with Crippen LogP contribution >= 0.6 is 0 Å². The first-order chi connectivity index (χ1) is 16.6. The Kier molecular flexibility index (Phi) is 8.41. The van der Waals surface area contributed by atoms with Crippen molar-refractivity contribution in [3.8, 4) is 23.1 Å². The molecule has 0 saturated carbocycles. The molecule has 0 aliphatic heterocycles. The van der Waals surface area contributed by atoms with E-state index in [0.29, 0.717) is 42.0 Å². The Morgan fingerprint density at radius 3 is 2.46 bits per heavy atom. The average Bonchev–Trinajstić information content (AvgIpc) is 3.31. The minimum absolute atomic E-state index is 0. The van der Waals surface area contributed by atoms with Gasteiger partial charge in [-0.05, 0) is 29.3 Å². The van der Waals surface area contributed by atoms with E-state index < -0.39 is 11.9 Å². The van der Waals surface area contributed by atoms with Crippen LogP contribution in [0, 0.1) is 0 Å². The van der Waals surface area contributed by atoms with Crippen molar-refractivity contribution in [2.75, 3.05) is 0 Å². The van der Waals surface area contributed by atoms with Crippen molar-refractivity contribution in [3.05, 3.63) is 102 Å². The summed E-state index contributed by atoms with van der Waals surface area (Å²) < 4.78 is 16.2. The van der Waals surface area contributed by atoms with Gasteiger partial charge in [-0.25, -0.2) is 19.6 Å². The number of hydrogen-bond acceptors (Lipinski definition) is 9. The van der Waals surface area contributed by atoms with E-state index in [1.165, 1.54) is 6.20 Å². The molecule has 0 fully saturated rings. The molecule has 0 unspecified atom stereocenters. The van der Waals surface area contributed by atoms with Gasteiger partial charge >= 0.3 is 11.9 Å². The van der Waals surface area contributed by atoms with Crippen molar-refractivity contribution < 1.29 is 28.7 Å². The summed E-state index contributed by atoms with van der Waals surface area (Å²) in [5.74, 6) is -1.20. The van der Waals surface area contributed by atoms with Crippen LogP contribution in [0.15, 0.2) is 89.7 Å². The number of carboxylic acid groups (broad SMARTS) is 1. The summed E-state index contributed by atoms with van der Waals surface area (Å²) in [6, 6.07) is 18.5. The summed E-state index contributed by atoms with van der Waals surface area (Å²) in [5.41, 5.74) is 3.13. The van der Waals surface area contributed by atoms with E-state index in [2.05, 4.69) is 15.1 Å². The molecule has 3 heterocycles. The molecule has 10 nitrogen and oxygen atoms in total. The lowest BCUT2D eigenvalue weighted by atomic mass is 10.1. The van der Waals surface area contributed by atoms with Crippen LogP contribution in [0.2, 0.25) is 0 Å². The zero-order valence-electron chi connectivity index (χ0n) is 18.5. The molecular formula is C25H22N4O6. The van der Waals surface area contributed by atoms with Gasteiger partial charge in [0.25, 0.3) is 0 Å². The molecule has 0 aliphatic rings. The summed E-state index contributed by atoms with van der Waals surface area (Å²) >= 11 is 0. The Balaban J connectivity index is 0.00000342. The first-order valence-corrected chi connectivity index (χ1v) is 10.2. The smallest absolute Gasteiger partial charge is 0.337 e. The number of carboxylic acids is 1. The van der Waals surface area contributed by atoms with Gasteiger partial charge < -0.3 is 25.3 Å². The standard InChI is InChI=1S/C25H19N3O6.H3N/c29-23(30)10-11-24(31)33-25-20(4-3-13-27-25)21-15-19(28-34-21)14-17-6-8-18(9-7-17)16-32-22-5-1-2-12-26-22;/h1-13,15H,14,16H2,(H,29,30);1H3/b11-10-;. The Bertz CT molecular complexity index is 1300. The highest BCUT2D eigenvalue weighted by Gasteiger charge is 2.15. The summed E-state index contributed by atoms with van der Waals surface area (Å²) in [6.45, 7) is 0.412. The molecule has 4 aromatic rings. The zero-order chi connectivity index (χ0) is 23.8. The molecular weight excluding hydrogens is 452 g/mol. The third kappa shape index (κ3) is 7.07. The Hall–Kier alpha value is -4.83. The van der Waals surface area contributed by atoms with Crippen molar-refractivity contribution >= 4 is 11.9 Å². The number of carbonyl (C=O) groups excluding carboxylic acids is 1. The lowest BCUT2D eigenvalue weighted by Crippen LogP contribution is -2.07. The second-order valence-electron chi connectivity index (χ2n) is 7.08. The van der Waals surface area contributed by atoms with Crippen LogP contribution in [0.1, 0.15) is 16.8 Å². The fourth-order valence-corrected chi connectivity index (χ4v) is 3.00. The van der Waals surface area contributed by atoms with E-state index in [1.54, 1.807) is 30.5 Å². The fourth-order valence-electron chi connectivity index (χ4n) is 3.00. The molecule has 4 N–H and O–H groups in total. The Morgan fingerprint density at radius 2 is 1.71 bits per heavy atom. The number of pyridine rings is 2. The molecule has 0 atom stereocenters. The molecule has 35 heavy (non-hydrogen) atoms. The van der Waals surface area contributed by atoms with Crippen molar-refractivity contribution in [1.29, 1.82) is 0 Å². The van der Waals surface area contributed by atoms with Crippen LogP contribution in [0.4, 0.5) is 0 Å². The Morgan fingerprint density at radius 1 is 0.943 bits per heavy atom. The maximum absolute atomic E-state index is 11.8. The van der Waals surface area contributed by atoms with Gasteiger partial charge in [0, 0.05) is 43.1 Å². The number of hydrogen-bond donors (Lipinski definition) is 2. The molecule has 0 amide bonds. The molecule has 0 saturated heterocycles. The summed E-state index contributed by atoms with van der Waals surface area (Å²) in [5, 5.41) is 12.7. The van der Waals surface area contributed by atoms with Gasteiger partial charge in [-0.3, -0.25) is 0 Å². The first-order valence-electron chi connectivity index (χ1n) is 10.2. The molecule has 4 rings (SSSR count). The molecule has 0 radical (unpaired) electrons. The fraction of sp³-hybridized carbons (Fsp3) is 0.0800. The Labute approximate surface area is 200 Å². The van der Waals surface area contributed by atoms with E-state index in [-0.39, 0.29) is 12.0 Å². The summed E-state index contributed by atoms with van der Waals surface area (Å²) in [7, 11) is 0.